The zero-order valence-corrected chi connectivity index (χ0v) is 20.6. The van der Waals surface area contributed by atoms with E-state index in [-0.39, 0.29) is 11.8 Å². The van der Waals surface area contributed by atoms with E-state index in [4.69, 9.17) is 4.98 Å². The van der Waals surface area contributed by atoms with E-state index < -0.39 is 0 Å². The molecule has 1 amide bonds. The fourth-order valence-corrected chi connectivity index (χ4v) is 4.45. The fourth-order valence-electron chi connectivity index (χ4n) is 4.45. The predicted molar refractivity (Wildman–Crippen MR) is 135 cm³/mol. The molecule has 174 valence electrons. The minimum Gasteiger partial charge on any atom is -0.352 e. The van der Waals surface area contributed by atoms with Crippen LogP contribution in [0.5, 0.6) is 0 Å². The van der Waals surface area contributed by atoms with Crippen molar-refractivity contribution in [2.24, 2.45) is 13.0 Å². The molecule has 0 aliphatic carbocycles. The molecule has 6 heteroatoms. The van der Waals surface area contributed by atoms with Crippen molar-refractivity contribution in [1.82, 2.24) is 24.6 Å². The maximum Gasteiger partial charge on any atom is 0.252 e. The van der Waals surface area contributed by atoms with Crippen molar-refractivity contribution in [1.29, 1.82) is 0 Å². The summed E-state index contributed by atoms with van der Waals surface area (Å²) in [4.78, 5) is 18.0. The van der Waals surface area contributed by atoms with Crippen molar-refractivity contribution in [3.63, 3.8) is 0 Å². The van der Waals surface area contributed by atoms with Gasteiger partial charge in [-0.2, -0.15) is 5.10 Å². The quantitative estimate of drug-likeness (QED) is 0.396. The zero-order chi connectivity index (χ0) is 23.7. The van der Waals surface area contributed by atoms with Gasteiger partial charge in [0.05, 0.1) is 16.6 Å². The van der Waals surface area contributed by atoms with Gasteiger partial charge in [-0.1, -0.05) is 45.9 Å². The van der Waals surface area contributed by atoms with Crippen LogP contribution in [0.25, 0.3) is 21.9 Å². The Hall–Kier alpha value is -3.15. The second-order valence-corrected chi connectivity index (χ2v) is 9.71. The third-order valence-electron chi connectivity index (χ3n) is 6.32. The number of carbonyl (C=O) groups excluding carboxylic acids is 1. The summed E-state index contributed by atoms with van der Waals surface area (Å²) in [6.45, 7) is 12.2. The van der Waals surface area contributed by atoms with Crippen molar-refractivity contribution < 1.29 is 4.79 Å². The highest BCUT2D eigenvalue weighted by atomic mass is 16.1. The van der Waals surface area contributed by atoms with Crippen molar-refractivity contribution in [2.75, 3.05) is 6.54 Å². The largest absolute Gasteiger partial charge is 0.352 e. The summed E-state index contributed by atoms with van der Waals surface area (Å²) in [5.41, 5.74) is 5.70. The SMILES string of the molecule is Cc1nn(C)c2nc(C(C)C)cc(C(=O)NCCc3cn(CCC(C)C)c4ccccc34)c12. The van der Waals surface area contributed by atoms with Crippen molar-refractivity contribution >= 4 is 27.8 Å². The fraction of sp³-hybridized carbons (Fsp3) is 0.444. The van der Waals surface area contributed by atoms with Crippen LogP contribution in [-0.4, -0.2) is 31.8 Å². The van der Waals surface area contributed by atoms with Crippen LogP contribution in [0.3, 0.4) is 0 Å². The van der Waals surface area contributed by atoms with E-state index in [1.165, 1.54) is 16.5 Å². The van der Waals surface area contributed by atoms with Gasteiger partial charge in [0.15, 0.2) is 5.65 Å². The summed E-state index contributed by atoms with van der Waals surface area (Å²) < 4.78 is 4.12. The summed E-state index contributed by atoms with van der Waals surface area (Å²) >= 11 is 0. The molecular weight excluding hydrogens is 410 g/mol. The molecule has 0 saturated carbocycles. The molecule has 4 rings (SSSR count). The van der Waals surface area contributed by atoms with Crippen LogP contribution in [0.1, 0.15) is 67.3 Å². The van der Waals surface area contributed by atoms with E-state index in [1.54, 1.807) is 4.68 Å². The number of fused-ring (bicyclic) bond motifs is 2. The lowest BCUT2D eigenvalue weighted by atomic mass is 10.0. The standard InChI is InChI=1S/C27H35N5O/c1-17(2)12-14-32-16-20(21-9-7-8-10-24(21)32)11-13-28-27(33)22-15-23(18(3)4)29-26-25(22)19(5)30-31(26)6/h7-10,15-18H,11-14H2,1-6H3,(H,28,33). The molecule has 0 saturated heterocycles. The highest BCUT2D eigenvalue weighted by molar-refractivity contribution is 6.06. The Kier molecular flexibility index (Phi) is 6.54. The number of carbonyl (C=O) groups is 1. The molecule has 1 aromatic carbocycles. The molecule has 3 aromatic heterocycles. The highest BCUT2D eigenvalue weighted by Gasteiger charge is 2.19. The molecule has 0 aliphatic heterocycles. The van der Waals surface area contributed by atoms with Crippen LogP contribution in [-0.2, 0) is 20.0 Å². The number of benzene rings is 1. The average molecular weight is 446 g/mol. The van der Waals surface area contributed by atoms with Crippen molar-refractivity contribution in [2.45, 2.75) is 59.9 Å². The predicted octanol–water partition coefficient (Wildman–Crippen LogP) is 5.37. The van der Waals surface area contributed by atoms with Gasteiger partial charge in [-0.3, -0.25) is 9.48 Å². The summed E-state index contributed by atoms with van der Waals surface area (Å²) in [7, 11) is 1.88. The lowest BCUT2D eigenvalue weighted by molar-refractivity contribution is 0.0955. The van der Waals surface area contributed by atoms with Crippen LogP contribution in [0.2, 0.25) is 0 Å². The first-order valence-electron chi connectivity index (χ1n) is 12.0. The Morgan fingerprint density at radius 3 is 2.64 bits per heavy atom. The summed E-state index contributed by atoms with van der Waals surface area (Å²) in [5.74, 6) is 0.829. The lowest BCUT2D eigenvalue weighted by Crippen LogP contribution is -2.26. The molecule has 0 unspecified atom stereocenters. The number of hydrogen-bond donors (Lipinski definition) is 1. The molecule has 3 heterocycles. The maximum atomic E-state index is 13.3. The second-order valence-electron chi connectivity index (χ2n) is 9.71. The molecule has 0 radical (unpaired) electrons. The van der Waals surface area contributed by atoms with Gasteiger partial charge in [0.25, 0.3) is 5.91 Å². The molecule has 0 spiro atoms. The normalized spacial score (nSPS) is 11.9. The Morgan fingerprint density at radius 1 is 1.15 bits per heavy atom. The molecule has 0 atom stereocenters. The average Bonchev–Trinajstić information content (AvgIpc) is 3.28. The van der Waals surface area contributed by atoms with E-state index in [9.17, 15) is 4.79 Å². The molecular formula is C27H35N5O. The number of para-hydroxylation sites is 1. The van der Waals surface area contributed by atoms with E-state index in [0.29, 0.717) is 18.0 Å². The van der Waals surface area contributed by atoms with Gasteiger partial charge in [0.1, 0.15) is 0 Å². The lowest BCUT2D eigenvalue weighted by Gasteiger charge is -2.11. The maximum absolute atomic E-state index is 13.3. The van der Waals surface area contributed by atoms with Gasteiger partial charge in [0.2, 0.25) is 0 Å². The van der Waals surface area contributed by atoms with Gasteiger partial charge >= 0.3 is 0 Å². The van der Waals surface area contributed by atoms with Crippen LogP contribution >= 0.6 is 0 Å². The molecule has 33 heavy (non-hydrogen) atoms. The Labute approximate surface area is 196 Å². The minimum atomic E-state index is -0.0658. The van der Waals surface area contributed by atoms with Crippen LogP contribution in [0.15, 0.2) is 36.5 Å². The van der Waals surface area contributed by atoms with Gasteiger partial charge < -0.3 is 9.88 Å². The Morgan fingerprint density at radius 2 is 1.91 bits per heavy atom. The molecule has 6 nitrogen and oxygen atoms in total. The topological polar surface area (TPSA) is 64.7 Å². The Balaban J connectivity index is 1.55. The number of amides is 1. The highest BCUT2D eigenvalue weighted by Crippen LogP contribution is 2.25. The third-order valence-corrected chi connectivity index (χ3v) is 6.32. The van der Waals surface area contributed by atoms with E-state index in [2.05, 4.69) is 73.1 Å². The first-order chi connectivity index (χ1) is 15.8. The number of aryl methyl sites for hydroxylation is 3. The van der Waals surface area contributed by atoms with Gasteiger partial charge in [-0.15, -0.1) is 0 Å². The summed E-state index contributed by atoms with van der Waals surface area (Å²) in [6, 6.07) is 10.5. The Bertz CT molecular complexity index is 1300. The minimum absolute atomic E-state index is 0.0658. The second kappa shape index (κ2) is 9.38. The van der Waals surface area contributed by atoms with E-state index in [0.717, 1.165) is 41.8 Å². The first-order valence-corrected chi connectivity index (χ1v) is 12.0. The summed E-state index contributed by atoms with van der Waals surface area (Å²) in [5, 5.41) is 9.76. The molecule has 4 aromatic rings. The number of hydrogen-bond acceptors (Lipinski definition) is 3. The number of nitrogens with zero attached hydrogens (tertiary/aromatic N) is 4. The first kappa shape index (κ1) is 23.0. The number of aromatic nitrogens is 4. The van der Waals surface area contributed by atoms with Gasteiger partial charge in [0, 0.05) is 42.9 Å². The smallest absolute Gasteiger partial charge is 0.252 e. The number of nitrogens with one attached hydrogen (secondary N) is 1. The number of rotatable bonds is 8. The van der Waals surface area contributed by atoms with Crippen molar-refractivity contribution in [3.05, 3.63) is 59.0 Å². The molecule has 1 N–H and O–H groups in total. The molecule has 0 fully saturated rings. The third kappa shape index (κ3) is 4.65. The molecule has 0 aliphatic rings. The monoisotopic (exact) mass is 445 g/mol. The molecule has 0 bridgehead atoms. The van der Waals surface area contributed by atoms with Crippen LogP contribution in [0, 0.1) is 12.8 Å². The van der Waals surface area contributed by atoms with Crippen LogP contribution in [0.4, 0.5) is 0 Å². The van der Waals surface area contributed by atoms with E-state index in [1.807, 2.05) is 20.0 Å². The zero-order valence-electron chi connectivity index (χ0n) is 20.6. The van der Waals surface area contributed by atoms with E-state index >= 15 is 0 Å². The van der Waals surface area contributed by atoms with Crippen LogP contribution < -0.4 is 5.32 Å². The van der Waals surface area contributed by atoms with Gasteiger partial charge in [-0.05, 0) is 49.3 Å². The number of pyridine rings is 1. The summed E-state index contributed by atoms with van der Waals surface area (Å²) in [6.07, 6.45) is 4.19. The van der Waals surface area contributed by atoms with Gasteiger partial charge in [-0.25, -0.2) is 4.98 Å². The van der Waals surface area contributed by atoms with Crippen molar-refractivity contribution in [3.8, 4) is 0 Å².